The van der Waals surface area contributed by atoms with E-state index in [0.29, 0.717) is 23.1 Å². The molecule has 0 spiro atoms. The van der Waals surface area contributed by atoms with Crippen LogP contribution in [-0.2, 0) is 6.42 Å². The third-order valence-electron chi connectivity index (χ3n) is 5.29. The molecule has 0 atom stereocenters. The van der Waals surface area contributed by atoms with Crippen molar-refractivity contribution in [3.63, 3.8) is 0 Å². The third kappa shape index (κ3) is 5.18. The normalized spacial score (nSPS) is 11.5. The maximum absolute atomic E-state index is 12.8. The molecule has 0 bridgehead atoms. The maximum atomic E-state index is 12.8. The number of fused-ring (bicyclic) bond motifs is 1. The van der Waals surface area contributed by atoms with Crippen LogP contribution in [0.25, 0.3) is 10.9 Å². The second-order valence-corrected chi connectivity index (χ2v) is 8.18. The second kappa shape index (κ2) is 9.71. The van der Waals surface area contributed by atoms with E-state index in [0.717, 1.165) is 28.8 Å². The third-order valence-corrected chi connectivity index (χ3v) is 5.53. The number of aromatic amines is 1. The summed E-state index contributed by atoms with van der Waals surface area (Å²) in [6.45, 7) is 4.57. The van der Waals surface area contributed by atoms with Crippen molar-refractivity contribution in [2.75, 3.05) is 11.9 Å². The van der Waals surface area contributed by atoms with Gasteiger partial charge in [0.25, 0.3) is 5.91 Å². The number of anilines is 1. The van der Waals surface area contributed by atoms with E-state index in [2.05, 4.69) is 38.8 Å². The lowest BCUT2D eigenvalue weighted by atomic mass is 10.1. The number of aryl methyl sites for hydroxylation is 2. The van der Waals surface area contributed by atoms with Gasteiger partial charge in [-0.2, -0.15) is 0 Å². The Kier molecular flexibility index (Phi) is 6.57. The summed E-state index contributed by atoms with van der Waals surface area (Å²) in [5, 5.41) is 7.91. The van der Waals surface area contributed by atoms with Gasteiger partial charge in [0, 0.05) is 39.9 Å². The molecule has 5 nitrogen and oxygen atoms in total. The highest BCUT2D eigenvalue weighted by atomic mass is 35.5. The molecule has 6 heteroatoms. The van der Waals surface area contributed by atoms with Crippen molar-refractivity contribution in [1.29, 1.82) is 0 Å². The van der Waals surface area contributed by atoms with Crippen LogP contribution in [0, 0.1) is 13.8 Å². The van der Waals surface area contributed by atoms with Gasteiger partial charge in [-0.15, -0.1) is 0 Å². The molecule has 0 unspecified atom stereocenters. The van der Waals surface area contributed by atoms with Gasteiger partial charge in [0.15, 0.2) is 0 Å². The average molecular weight is 445 g/mol. The first-order valence-corrected chi connectivity index (χ1v) is 10.9. The predicted molar refractivity (Wildman–Crippen MR) is 133 cm³/mol. The van der Waals surface area contributed by atoms with Crippen molar-refractivity contribution in [3.05, 3.63) is 100 Å². The first kappa shape index (κ1) is 21.7. The summed E-state index contributed by atoms with van der Waals surface area (Å²) in [6.07, 6.45) is 2.76. The van der Waals surface area contributed by atoms with Gasteiger partial charge >= 0.3 is 0 Å². The fourth-order valence-electron chi connectivity index (χ4n) is 3.54. The van der Waals surface area contributed by atoms with Crippen LogP contribution in [0.3, 0.4) is 0 Å². The standard InChI is InChI=1S/C26H25ClN4O/c1-17-10-11-18(2)24(14-17)30-26(31-25(32)19-6-5-7-21(27)15-19)28-13-12-20-16-29-23-9-4-3-8-22(20)23/h3-11,14-16,29H,12-13H2,1-2H3,(H2,28,30,31,32). The number of carbonyl (C=O) groups excluding carboxylic acids is 1. The summed E-state index contributed by atoms with van der Waals surface area (Å²) in [6, 6.07) is 21.2. The zero-order valence-corrected chi connectivity index (χ0v) is 18.8. The molecule has 1 heterocycles. The number of guanidine groups is 1. The van der Waals surface area contributed by atoms with Gasteiger partial charge in [-0.05, 0) is 67.3 Å². The molecular formula is C26H25ClN4O. The van der Waals surface area contributed by atoms with E-state index in [1.54, 1.807) is 24.3 Å². The SMILES string of the molecule is Cc1ccc(C)c(NC(=NCCc2c[nH]c3ccccc23)NC(=O)c2cccc(Cl)c2)c1. The van der Waals surface area contributed by atoms with Crippen LogP contribution in [-0.4, -0.2) is 23.4 Å². The number of hydrogen-bond acceptors (Lipinski definition) is 2. The number of benzene rings is 3. The molecule has 3 aromatic carbocycles. The number of amides is 1. The number of aromatic nitrogens is 1. The Morgan fingerprint density at radius 3 is 2.72 bits per heavy atom. The number of nitrogens with one attached hydrogen (secondary N) is 3. The van der Waals surface area contributed by atoms with Gasteiger partial charge < -0.3 is 10.3 Å². The van der Waals surface area contributed by atoms with Crippen LogP contribution in [0.5, 0.6) is 0 Å². The lowest BCUT2D eigenvalue weighted by Crippen LogP contribution is -2.36. The van der Waals surface area contributed by atoms with Gasteiger partial charge in [0.2, 0.25) is 5.96 Å². The largest absolute Gasteiger partial charge is 0.361 e. The Hall–Kier alpha value is -3.57. The minimum atomic E-state index is -0.267. The number of H-pyrrole nitrogens is 1. The minimum absolute atomic E-state index is 0.267. The molecule has 32 heavy (non-hydrogen) atoms. The molecule has 0 aliphatic rings. The number of aliphatic imine (C=N–C) groups is 1. The molecule has 1 aromatic heterocycles. The smallest absolute Gasteiger partial charge is 0.258 e. The number of rotatable bonds is 5. The number of carbonyl (C=O) groups is 1. The van der Waals surface area contributed by atoms with Gasteiger partial charge in [0.1, 0.15) is 0 Å². The zero-order valence-electron chi connectivity index (χ0n) is 18.1. The Balaban J connectivity index is 1.55. The molecule has 4 rings (SSSR count). The second-order valence-electron chi connectivity index (χ2n) is 7.75. The van der Waals surface area contributed by atoms with Gasteiger partial charge in [-0.1, -0.05) is 48.0 Å². The Morgan fingerprint density at radius 1 is 1.03 bits per heavy atom. The molecule has 162 valence electrons. The minimum Gasteiger partial charge on any atom is -0.361 e. The molecule has 0 saturated carbocycles. The molecule has 0 saturated heterocycles. The van der Waals surface area contributed by atoms with Gasteiger partial charge in [-0.3, -0.25) is 15.1 Å². The number of para-hydroxylation sites is 1. The Bertz CT molecular complexity index is 1290. The number of halogens is 1. The van der Waals surface area contributed by atoms with Crippen molar-refractivity contribution >= 4 is 40.1 Å². The highest BCUT2D eigenvalue weighted by Gasteiger charge is 2.11. The molecule has 4 aromatic rings. The quantitative estimate of drug-likeness (QED) is 0.266. The van der Waals surface area contributed by atoms with Crippen molar-refractivity contribution in [2.24, 2.45) is 4.99 Å². The van der Waals surface area contributed by atoms with Crippen molar-refractivity contribution in [1.82, 2.24) is 10.3 Å². The van der Waals surface area contributed by atoms with Crippen LogP contribution in [0.15, 0.2) is 77.9 Å². The van der Waals surface area contributed by atoms with Gasteiger partial charge in [0.05, 0.1) is 0 Å². The molecule has 0 aliphatic heterocycles. The lowest BCUT2D eigenvalue weighted by molar-refractivity contribution is 0.0977. The highest BCUT2D eigenvalue weighted by molar-refractivity contribution is 6.31. The van der Waals surface area contributed by atoms with Gasteiger partial charge in [-0.25, -0.2) is 0 Å². The summed E-state index contributed by atoms with van der Waals surface area (Å²) in [5.74, 6) is 0.139. The Labute approximate surface area is 192 Å². The summed E-state index contributed by atoms with van der Waals surface area (Å²) < 4.78 is 0. The first-order valence-electron chi connectivity index (χ1n) is 10.5. The monoisotopic (exact) mass is 444 g/mol. The molecular weight excluding hydrogens is 420 g/mol. The van der Waals surface area contributed by atoms with Crippen LogP contribution in [0.1, 0.15) is 27.0 Å². The van der Waals surface area contributed by atoms with Crippen molar-refractivity contribution in [2.45, 2.75) is 20.3 Å². The maximum Gasteiger partial charge on any atom is 0.258 e. The first-order chi connectivity index (χ1) is 15.5. The summed E-state index contributed by atoms with van der Waals surface area (Å²) in [5.41, 5.74) is 5.87. The van der Waals surface area contributed by atoms with Crippen LogP contribution in [0.2, 0.25) is 5.02 Å². The van der Waals surface area contributed by atoms with Crippen molar-refractivity contribution in [3.8, 4) is 0 Å². The number of hydrogen-bond donors (Lipinski definition) is 3. The average Bonchev–Trinajstić information content (AvgIpc) is 3.19. The van der Waals surface area contributed by atoms with E-state index < -0.39 is 0 Å². The summed E-state index contributed by atoms with van der Waals surface area (Å²) in [7, 11) is 0. The van der Waals surface area contributed by atoms with E-state index >= 15 is 0 Å². The van der Waals surface area contributed by atoms with Crippen LogP contribution < -0.4 is 10.6 Å². The molecule has 1 amide bonds. The van der Waals surface area contributed by atoms with E-state index in [-0.39, 0.29) is 5.91 Å². The zero-order chi connectivity index (χ0) is 22.5. The molecule has 0 aliphatic carbocycles. The van der Waals surface area contributed by atoms with Crippen LogP contribution in [0.4, 0.5) is 5.69 Å². The van der Waals surface area contributed by atoms with E-state index in [9.17, 15) is 4.79 Å². The fourth-order valence-corrected chi connectivity index (χ4v) is 3.73. The molecule has 0 radical (unpaired) electrons. The highest BCUT2D eigenvalue weighted by Crippen LogP contribution is 2.19. The molecule has 3 N–H and O–H groups in total. The number of nitrogens with zero attached hydrogens (tertiary/aromatic N) is 1. The van der Waals surface area contributed by atoms with Crippen molar-refractivity contribution < 1.29 is 4.79 Å². The van der Waals surface area contributed by atoms with E-state index in [4.69, 9.17) is 11.6 Å². The molecule has 0 fully saturated rings. The summed E-state index contributed by atoms with van der Waals surface area (Å²) in [4.78, 5) is 20.8. The lowest BCUT2D eigenvalue weighted by Gasteiger charge is -2.14. The fraction of sp³-hybridized carbons (Fsp3) is 0.154. The Morgan fingerprint density at radius 2 is 1.88 bits per heavy atom. The van der Waals surface area contributed by atoms with Crippen LogP contribution >= 0.6 is 11.6 Å². The topological polar surface area (TPSA) is 69.3 Å². The predicted octanol–water partition coefficient (Wildman–Crippen LogP) is 5.88. The van der Waals surface area contributed by atoms with E-state index in [1.807, 2.05) is 44.3 Å². The van der Waals surface area contributed by atoms with E-state index in [1.165, 1.54) is 10.9 Å². The summed E-state index contributed by atoms with van der Waals surface area (Å²) >= 11 is 6.05.